The molecule has 0 fully saturated rings. The van der Waals surface area contributed by atoms with E-state index in [9.17, 15) is 4.79 Å². The number of nitrogens with one attached hydrogen (secondary N) is 1. The summed E-state index contributed by atoms with van der Waals surface area (Å²) >= 11 is 5.00. The Hall–Kier alpha value is -1.33. The van der Waals surface area contributed by atoms with Crippen LogP contribution in [0, 0.1) is 6.92 Å². The number of hydrogen-bond donors (Lipinski definition) is 1. The van der Waals surface area contributed by atoms with Gasteiger partial charge in [-0.05, 0) is 37.3 Å². The zero-order valence-corrected chi connectivity index (χ0v) is 13.0. The van der Waals surface area contributed by atoms with Crippen molar-refractivity contribution in [3.63, 3.8) is 0 Å². The van der Waals surface area contributed by atoms with E-state index in [0.717, 1.165) is 15.0 Å². The Morgan fingerprint density at radius 2 is 2.16 bits per heavy atom. The summed E-state index contributed by atoms with van der Waals surface area (Å²) in [4.78, 5) is 14.0. The molecule has 100 valence electrons. The van der Waals surface area contributed by atoms with Crippen molar-refractivity contribution in [2.24, 2.45) is 0 Å². The van der Waals surface area contributed by atoms with E-state index >= 15 is 0 Å². The third kappa shape index (κ3) is 3.58. The van der Waals surface area contributed by atoms with E-state index in [1.54, 1.807) is 11.3 Å². The molecular formula is C14H14BrNO2S. The van der Waals surface area contributed by atoms with Crippen molar-refractivity contribution >= 4 is 38.9 Å². The van der Waals surface area contributed by atoms with Crippen molar-refractivity contribution in [3.8, 4) is 0 Å². The van der Waals surface area contributed by atoms with Gasteiger partial charge in [0, 0.05) is 19.9 Å². The van der Waals surface area contributed by atoms with Crippen LogP contribution in [0.25, 0.3) is 0 Å². The van der Waals surface area contributed by atoms with E-state index in [0.29, 0.717) is 0 Å². The smallest absolute Gasteiger partial charge is 0.333 e. The molecule has 5 heteroatoms. The van der Waals surface area contributed by atoms with Crippen LogP contribution in [0.2, 0.25) is 0 Å². The minimum Gasteiger partial charge on any atom is -0.467 e. The Balaban J connectivity index is 2.26. The molecule has 2 rings (SSSR count). The van der Waals surface area contributed by atoms with Gasteiger partial charge in [-0.3, -0.25) is 0 Å². The molecule has 3 nitrogen and oxygen atoms in total. The van der Waals surface area contributed by atoms with Gasteiger partial charge in [0.2, 0.25) is 0 Å². The molecule has 1 heterocycles. The monoisotopic (exact) mass is 339 g/mol. The molecule has 0 spiro atoms. The van der Waals surface area contributed by atoms with Gasteiger partial charge in [-0.25, -0.2) is 4.79 Å². The second kappa shape index (κ2) is 6.21. The molecule has 1 atom stereocenters. The molecule has 0 aliphatic carbocycles. The molecule has 1 aromatic heterocycles. The highest BCUT2D eigenvalue weighted by molar-refractivity contribution is 9.10. The van der Waals surface area contributed by atoms with Crippen molar-refractivity contribution in [1.29, 1.82) is 0 Å². The molecule has 0 aliphatic rings. The van der Waals surface area contributed by atoms with Crippen molar-refractivity contribution in [3.05, 3.63) is 50.6 Å². The van der Waals surface area contributed by atoms with Gasteiger partial charge >= 0.3 is 5.97 Å². The number of thiophene rings is 1. The fraction of sp³-hybridized carbons (Fsp3) is 0.214. The molecule has 0 radical (unpaired) electrons. The number of rotatable bonds is 4. The van der Waals surface area contributed by atoms with Crippen LogP contribution in [0.3, 0.4) is 0 Å². The first-order valence-corrected chi connectivity index (χ1v) is 7.37. The third-order valence-corrected chi connectivity index (χ3v) is 4.18. The largest absolute Gasteiger partial charge is 0.467 e. The molecule has 0 aliphatic heterocycles. The fourth-order valence-corrected chi connectivity index (χ4v) is 3.03. The van der Waals surface area contributed by atoms with Gasteiger partial charge in [-0.2, -0.15) is 0 Å². The number of anilines is 1. The fourth-order valence-electron chi connectivity index (χ4n) is 1.72. The summed E-state index contributed by atoms with van der Waals surface area (Å²) in [7, 11) is 1.40. The van der Waals surface area contributed by atoms with Crippen LogP contribution in [-0.2, 0) is 9.53 Å². The van der Waals surface area contributed by atoms with E-state index in [1.807, 2.05) is 43.3 Å². The van der Waals surface area contributed by atoms with E-state index in [-0.39, 0.29) is 5.97 Å². The summed E-state index contributed by atoms with van der Waals surface area (Å²) in [5, 5.41) is 3.21. The predicted octanol–water partition coefficient (Wildman–Crippen LogP) is 4.15. The maximum absolute atomic E-state index is 11.9. The zero-order valence-electron chi connectivity index (χ0n) is 10.6. The number of aryl methyl sites for hydroxylation is 1. The Bertz CT molecular complexity index is 582. The van der Waals surface area contributed by atoms with Crippen molar-refractivity contribution in [1.82, 2.24) is 0 Å². The molecule has 0 saturated carbocycles. The number of esters is 1. The average molecular weight is 340 g/mol. The SMILES string of the molecule is COC(=O)C(Nc1cccc(Br)c1)c1ccc(C)s1. The standard InChI is InChI=1S/C14H14BrNO2S/c1-9-6-7-12(19-9)13(14(17)18-2)16-11-5-3-4-10(15)8-11/h3-8,13,16H,1-2H3. The third-order valence-electron chi connectivity index (χ3n) is 2.62. The highest BCUT2D eigenvalue weighted by Crippen LogP contribution is 2.28. The van der Waals surface area contributed by atoms with E-state index in [2.05, 4.69) is 21.2 Å². The second-order valence-corrected chi connectivity index (χ2v) is 6.29. The lowest BCUT2D eigenvalue weighted by Gasteiger charge is -2.16. The van der Waals surface area contributed by atoms with Crippen molar-refractivity contribution < 1.29 is 9.53 Å². The topological polar surface area (TPSA) is 38.3 Å². The van der Waals surface area contributed by atoms with Crippen LogP contribution in [0.4, 0.5) is 5.69 Å². The Morgan fingerprint density at radius 1 is 1.37 bits per heavy atom. The maximum Gasteiger partial charge on any atom is 0.333 e. The van der Waals surface area contributed by atoms with Crippen molar-refractivity contribution in [2.45, 2.75) is 13.0 Å². The van der Waals surface area contributed by atoms with Crippen molar-refractivity contribution in [2.75, 3.05) is 12.4 Å². The van der Waals surface area contributed by atoms with Gasteiger partial charge in [0.05, 0.1) is 7.11 Å². The molecule has 0 amide bonds. The summed E-state index contributed by atoms with van der Waals surface area (Å²) in [6, 6.07) is 11.2. The summed E-state index contributed by atoms with van der Waals surface area (Å²) in [5.41, 5.74) is 0.871. The number of halogens is 1. The normalized spacial score (nSPS) is 11.9. The van der Waals surface area contributed by atoms with Gasteiger partial charge < -0.3 is 10.1 Å². The Labute approximate surface area is 124 Å². The minimum atomic E-state index is -0.474. The van der Waals surface area contributed by atoms with Crippen LogP contribution in [-0.4, -0.2) is 13.1 Å². The van der Waals surface area contributed by atoms with Crippen LogP contribution >= 0.6 is 27.3 Å². The number of hydrogen-bond acceptors (Lipinski definition) is 4. The van der Waals surface area contributed by atoms with E-state index in [4.69, 9.17) is 4.74 Å². The summed E-state index contributed by atoms with van der Waals surface area (Å²) in [6.07, 6.45) is 0. The summed E-state index contributed by atoms with van der Waals surface area (Å²) in [5.74, 6) is -0.290. The number of methoxy groups -OCH3 is 1. The van der Waals surface area contributed by atoms with Gasteiger partial charge in [0.1, 0.15) is 0 Å². The molecule has 1 unspecified atom stereocenters. The molecule has 19 heavy (non-hydrogen) atoms. The molecule has 1 N–H and O–H groups in total. The lowest BCUT2D eigenvalue weighted by atomic mass is 10.2. The highest BCUT2D eigenvalue weighted by atomic mass is 79.9. The quantitative estimate of drug-likeness (QED) is 0.850. The molecule has 1 aromatic carbocycles. The number of ether oxygens (including phenoxy) is 1. The maximum atomic E-state index is 11.9. The van der Waals surface area contributed by atoms with Crippen LogP contribution in [0.5, 0.6) is 0 Å². The van der Waals surface area contributed by atoms with Gasteiger partial charge in [-0.15, -0.1) is 11.3 Å². The molecule has 2 aromatic rings. The van der Waals surface area contributed by atoms with Gasteiger partial charge in [-0.1, -0.05) is 22.0 Å². The van der Waals surface area contributed by atoms with Crippen LogP contribution in [0.15, 0.2) is 40.9 Å². The summed E-state index contributed by atoms with van der Waals surface area (Å²) < 4.78 is 5.83. The minimum absolute atomic E-state index is 0.290. The van der Waals surface area contributed by atoms with Crippen LogP contribution < -0.4 is 5.32 Å². The first kappa shape index (κ1) is 14.1. The molecular weight excluding hydrogens is 326 g/mol. The molecule has 0 saturated heterocycles. The second-order valence-electron chi connectivity index (χ2n) is 4.06. The van der Waals surface area contributed by atoms with Gasteiger partial charge in [0.25, 0.3) is 0 Å². The average Bonchev–Trinajstić information content (AvgIpc) is 2.81. The predicted molar refractivity (Wildman–Crippen MR) is 81.6 cm³/mol. The zero-order chi connectivity index (χ0) is 13.8. The Morgan fingerprint density at radius 3 is 2.74 bits per heavy atom. The van der Waals surface area contributed by atoms with Gasteiger partial charge in [0.15, 0.2) is 6.04 Å². The number of benzene rings is 1. The molecule has 0 bridgehead atoms. The lowest BCUT2D eigenvalue weighted by Crippen LogP contribution is -2.21. The highest BCUT2D eigenvalue weighted by Gasteiger charge is 2.22. The van der Waals surface area contributed by atoms with E-state index < -0.39 is 6.04 Å². The van der Waals surface area contributed by atoms with E-state index in [1.165, 1.54) is 12.0 Å². The van der Waals surface area contributed by atoms with Crippen LogP contribution in [0.1, 0.15) is 15.8 Å². The Kier molecular flexibility index (Phi) is 4.61. The lowest BCUT2D eigenvalue weighted by molar-refractivity contribution is -0.141. The first-order chi connectivity index (χ1) is 9.10. The first-order valence-electron chi connectivity index (χ1n) is 5.76. The number of carbonyl (C=O) groups is 1. The summed E-state index contributed by atoms with van der Waals surface area (Å²) in [6.45, 7) is 2.02. The number of carbonyl (C=O) groups excluding carboxylic acids is 1.